The average molecular weight is 400 g/mol. The molecule has 0 aliphatic heterocycles. The maximum atomic E-state index is 12.2. The summed E-state index contributed by atoms with van der Waals surface area (Å²) in [4.78, 5) is 24.1. The summed E-state index contributed by atoms with van der Waals surface area (Å²) in [7, 11) is 1.68. The van der Waals surface area contributed by atoms with E-state index < -0.39 is 18.5 Å². The van der Waals surface area contributed by atoms with Crippen molar-refractivity contribution in [3.05, 3.63) is 71.0 Å². The largest absolute Gasteiger partial charge is 0.455 e. The number of carbonyl (C=O) groups is 2. The highest BCUT2D eigenvalue weighted by atomic mass is 35.5. The highest BCUT2D eigenvalue weighted by molar-refractivity contribution is 6.31. The van der Waals surface area contributed by atoms with Crippen LogP contribution in [0.4, 0.5) is 5.69 Å². The summed E-state index contributed by atoms with van der Waals surface area (Å²) in [5.41, 5.74) is 1.74. The SMILES string of the molecule is Cc1ccc(Oc2ccc(Cl)cc2NC(=O)COC(=O)c2cnn(C)c2)cc1. The van der Waals surface area contributed by atoms with Crippen LogP contribution in [0.1, 0.15) is 15.9 Å². The van der Waals surface area contributed by atoms with Gasteiger partial charge in [0.1, 0.15) is 5.75 Å². The molecular formula is C20H18ClN3O4. The Morgan fingerprint density at radius 2 is 1.93 bits per heavy atom. The molecule has 0 atom stereocenters. The molecule has 28 heavy (non-hydrogen) atoms. The predicted octanol–water partition coefficient (Wildman–Crippen LogP) is 3.97. The second-order valence-electron chi connectivity index (χ2n) is 6.08. The molecule has 0 radical (unpaired) electrons. The average Bonchev–Trinajstić information content (AvgIpc) is 3.10. The fourth-order valence-corrected chi connectivity index (χ4v) is 2.52. The van der Waals surface area contributed by atoms with Crippen LogP contribution in [0.2, 0.25) is 5.02 Å². The Kier molecular flexibility index (Phi) is 5.96. The normalized spacial score (nSPS) is 10.4. The van der Waals surface area contributed by atoms with E-state index in [0.717, 1.165) is 5.56 Å². The van der Waals surface area contributed by atoms with Crippen LogP contribution in [-0.4, -0.2) is 28.3 Å². The molecule has 0 saturated heterocycles. The van der Waals surface area contributed by atoms with Gasteiger partial charge in [-0.3, -0.25) is 9.48 Å². The number of hydrogen-bond donors (Lipinski definition) is 1. The standard InChI is InChI=1S/C20H18ClN3O4/c1-13-3-6-16(7-4-13)28-18-8-5-15(21)9-17(18)23-19(25)12-27-20(26)14-10-22-24(2)11-14/h3-11H,12H2,1-2H3,(H,23,25). The number of rotatable bonds is 6. The molecule has 1 aromatic heterocycles. The Morgan fingerprint density at radius 3 is 2.61 bits per heavy atom. The van der Waals surface area contributed by atoms with Gasteiger partial charge in [-0.05, 0) is 37.3 Å². The van der Waals surface area contributed by atoms with Crippen molar-refractivity contribution in [3.63, 3.8) is 0 Å². The van der Waals surface area contributed by atoms with Crippen LogP contribution in [0.15, 0.2) is 54.9 Å². The minimum absolute atomic E-state index is 0.265. The highest BCUT2D eigenvalue weighted by Crippen LogP contribution is 2.32. The predicted molar refractivity (Wildman–Crippen MR) is 105 cm³/mol. The number of carbonyl (C=O) groups excluding carboxylic acids is 2. The zero-order valence-corrected chi connectivity index (χ0v) is 16.1. The summed E-state index contributed by atoms with van der Waals surface area (Å²) >= 11 is 6.03. The van der Waals surface area contributed by atoms with E-state index in [1.807, 2.05) is 31.2 Å². The van der Waals surface area contributed by atoms with E-state index in [4.69, 9.17) is 21.1 Å². The molecule has 1 amide bonds. The van der Waals surface area contributed by atoms with Crippen LogP contribution >= 0.6 is 11.6 Å². The second kappa shape index (κ2) is 8.58. The second-order valence-corrected chi connectivity index (χ2v) is 6.52. The van der Waals surface area contributed by atoms with Gasteiger partial charge < -0.3 is 14.8 Å². The number of nitrogens with one attached hydrogen (secondary N) is 1. The van der Waals surface area contributed by atoms with Crippen LogP contribution in [-0.2, 0) is 16.6 Å². The monoisotopic (exact) mass is 399 g/mol. The molecule has 8 heteroatoms. The highest BCUT2D eigenvalue weighted by Gasteiger charge is 2.14. The Balaban J connectivity index is 1.65. The topological polar surface area (TPSA) is 82.4 Å². The minimum Gasteiger partial charge on any atom is -0.455 e. The summed E-state index contributed by atoms with van der Waals surface area (Å²) in [6.07, 6.45) is 2.87. The van der Waals surface area contributed by atoms with Crippen molar-refractivity contribution in [2.75, 3.05) is 11.9 Å². The van der Waals surface area contributed by atoms with Crippen LogP contribution in [0, 0.1) is 6.92 Å². The Bertz CT molecular complexity index is 999. The molecule has 0 fully saturated rings. The summed E-state index contributed by atoms with van der Waals surface area (Å²) in [6.45, 7) is 1.52. The van der Waals surface area contributed by atoms with Gasteiger partial charge in [-0.15, -0.1) is 0 Å². The summed E-state index contributed by atoms with van der Waals surface area (Å²) < 4.78 is 12.3. The first-order valence-electron chi connectivity index (χ1n) is 8.40. The maximum absolute atomic E-state index is 12.2. The number of aryl methyl sites for hydroxylation is 2. The van der Waals surface area contributed by atoms with Gasteiger partial charge in [-0.25, -0.2) is 4.79 Å². The van der Waals surface area contributed by atoms with E-state index in [2.05, 4.69) is 10.4 Å². The van der Waals surface area contributed by atoms with Crippen molar-refractivity contribution in [3.8, 4) is 11.5 Å². The zero-order chi connectivity index (χ0) is 20.1. The Morgan fingerprint density at radius 1 is 1.18 bits per heavy atom. The molecule has 144 valence electrons. The van der Waals surface area contributed by atoms with Crippen molar-refractivity contribution in [2.45, 2.75) is 6.92 Å². The first kappa shape index (κ1) is 19.4. The van der Waals surface area contributed by atoms with Crippen molar-refractivity contribution < 1.29 is 19.1 Å². The lowest BCUT2D eigenvalue weighted by Gasteiger charge is -2.13. The number of halogens is 1. The smallest absolute Gasteiger partial charge is 0.341 e. The van der Waals surface area contributed by atoms with Gasteiger partial charge in [0, 0.05) is 18.3 Å². The molecule has 1 N–H and O–H groups in total. The molecule has 0 unspecified atom stereocenters. The van der Waals surface area contributed by atoms with E-state index in [-0.39, 0.29) is 5.56 Å². The number of esters is 1. The number of anilines is 1. The van der Waals surface area contributed by atoms with Crippen molar-refractivity contribution in [2.24, 2.45) is 7.05 Å². The fraction of sp³-hybridized carbons (Fsp3) is 0.150. The summed E-state index contributed by atoms with van der Waals surface area (Å²) in [5.74, 6) is -0.120. The zero-order valence-electron chi connectivity index (χ0n) is 15.3. The number of amides is 1. The van der Waals surface area contributed by atoms with Gasteiger partial charge in [-0.2, -0.15) is 5.10 Å². The number of aromatic nitrogens is 2. The van der Waals surface area contributed by atoms with E-state index in [9.17, 15) is 9.59 Å². The minimum atomic E-state index is -0.634. The van der Waals surface area contributed by atoms with Crippen LogP contribution in [0.25, 0.3) is 0 Å². The van der Waals surface area contributed by atoms with Gasteiger partial charge in [0.15, 0.2) is 12.4 Å². The van der Waals surface area contributed by atoms with Gasteiger partial charge >= 0.3 is 5.97 Å². The number of hydrogen-bond acceptors (Lipinski definition) is 5. The third kappa shape index (κ3) is 5.11. The molecule has 3 rings (SSSR count). The van der Waals surface area contributed by atoms with Crippen LogP contribution in [0.5, 0.6) is 11.5 Å². The lowest BCUT2D eigenvalue weighted by molar-refractivity contribution is -0.119. The molecule has 0 aliphatic carbocycles. The molecule has 2 aromatic carbocycles. The summed E-state index contributed by atoms with van der Waals surface area (Å²) in [5, 5.41) is 6.96. The van der Waals surface area contributed by atoms with Gasteiger partial charge in [0.05, 0.1) is 17.4 Å². The van der Waals surface area contributed by atoms with Gasteiger partial charge in [0.2, 0.25) is 0 Å². The molecule has 0 bridgehead atoms. The number of benzene rings is 2. The molecule has 0 spiro atoms. The fourth-order valence-electron chi connectivity index (χ4n) is 2.35. The van der Waals surface area contributed by atoms with Gasteiger partial charge in [-0.1, -0.05) is 29.3 Å². The lowest BCUT2D eigenvalue weighted by atomic mass is 10.2. The molecular weight excluding hydrogens is 382 g/mol. The Hall–Kier alpha value is -3.32. The van der Waals surface area contributed by atoms with Gasteiger partial charge in [0.25, 0.3) is 5.91 Å². The molecule has 0 aliphatic rings. The Labute approximate surface area is 166 Å². The molecule has 3 aromatic rings. The molecule has 0 saturated carbocycles. The van der Waals surface area contributed by atoms with E-state index in [0.29, 0.717) is 22.2 Å². The maximum Gasteiger partial charge on any atom is 0.341 e. The van der Waals surface area contributed by atoms with Crippen molar-refractivity contribution >= 4 is 29.2 Å². The van der Waals surface area contributed by atoms with Crippen LogP contribution in [0.3, 0.4) is 0 Å². The molecule has 7 nitrogen and oxygen atoms in total. The quantitative estimate of drug-likeness (QED) is 0.634. The van der Waals surface area contributed by atoms with Crippen LogP contribution < -0.4 is 10.1 Å². The first-order chi connectivity index (χ1) is 13.4. The number of nitrogens with zero attached hydrogens (tertiary/aromatic N) is 2. The third-order valence-corrected chi connectivity index (χ3v) is 3.97. The van der Waals surface area contributed by atoms with Crippen molar-refractivity contribution in [1.82, 2.24) is 9.78 Å². The summed E-state index contributed by atoms with van der Waals surface area (Å²) in [6, 6.07) is 12.4. The van der Waals surface area contributed by atoms with E-state index in [1.54, 1.807) is 25.2 Å². The number of ether oxygens (including phenoxy) is 2. The van der Waals surface area contributed by atoms with E-state index in [1.165, 1.54) is 17.1 Å². The third-order valence-electron chi connectivity index (χ3n) is 3.74. The lowest BCUT2D eigenvalue weighted by Crippen LogP contribution is -2.21. The molecule has 1 heterocycles. The first-order valence-corrected chi connectivity index (χ1v) is 8.78. The van der Waals surface area contributed by atoms with E-state index >= 15 is 0 Å². The van der Waals surface area contributed by atoms with Crippen molar-refractivity contribution in [1.29, 1.82) is 0 Å².